The molecule has 78 valence electrons. The van der Waals surface area contributed by atoms with Crippen LogP contribution in [0.4, 0.5) is 0 Å². The summed E-state index contributed by atoms with van der Waals surface area (Å²) in [5.41, 5.74) is 0.632. The predicted octanol–water partition coefficient (Wildman–Crippen LogP) is 2.25. The number of halogens is 1. The van der Waals surface area contributed by atoms with Crippen LogP contribution in [0.15, 0.2) is 35.1 Å². The van der Waals surface area contributed by atoms with Crippen LogP contribution in [0.1, 0.15) is 16.8 Å². The minimum Gasteiger partial charge on any atom is -0.335 e. The van der Waals surface area contributed by atoms with E-state index >= 15 is 0 Å². The topological polar surface area (TPSA) is 33.2 Å². The van der Waals surface area contributed by atoms with Crippen LogP contribution in [0, 0.1) is 0 Å². The lowest BCUT2D eigenvalue weighted by atomic mass is 10.2. The van der Waals surface area contributed by atoms with Gasteiger partial charge in [0.1, 0.15) is 4.60 Å². The minimum absolute atomic E-state index is 0.0410. The fourth-order valence-electron chi connectivity index (χ4n) is 1.54. The second-order valence-electron chi connectivity index (χ2n) is 3.35. The van der Waals surface area contributed by atoms with Gasteiger partial charge in [-0.25, -0.2) is 4.98 Å². The number of carbonyl (C=O) groups is 1. The van der Waals surface area contributed by atoms with Crippen LogP contribution in [0.25, 0.3) is 0 Å². The molecule has 0 aromatic carbocycles. The summed E-state index contributed by atoms with van der Waals surface area (Å²) in [6.07, 6.45) is 6.72. The zero-order valence-corrected chi connectivity index (χ0v) is 9.77. The van der Waals surface area contributed by atoms with Gasteiger partial charge in [0.2, 0.25) is 0 Å². The molecule has 0 N–H and O–H groups in total. The largest absolute Gasteiger partial charge is 0.335 e. The lowest BCUT2D eigenvalue weighted by molar-refractivity contribution is 0.0769. The number of aromatic nitrogens is 1. The molecule has 2 heterocycles. The summed E-state index contributed by atoms with van der Waals surface area (Å²) in [5.74, 6) is 0.0410. The van der Waals surface area contributed by atoms with Gasteiger partial charge in [0.05, 0.1) is 5.56 Å². The van der Waals surface area contributed by atoms with Gasteiger partial charge in [-0.2, -0.15) is 0 Å². The smallest absolute Gasteiger partial charge is 0.256 e. The van der Waals surface area contributed by atoms with Crippen molar-refractivity contribution in [3.05, 3.63) is 40.6 Å². The van der Waals surface area contributed by atoms with E-state index in [0.29, 0.717) is 16.7 Å². The zero-order valence-electron chi connectivity index (χ0n) is 8.19. The molecule has 0 spiro atoms. The quantitative estimate of drug-likeness (QED) is 0.577. The molecule has 0 saturated carbocycles. The first-order chi connectivity index (χ1) is 7.29. The molecule has 15 heavy (non-hydrogen) atoms. The molecule has 3 nitrogen and oxygen atoms in total. The molecular weight excluding hydrogens is 256 g/mol. The number of nitrogens with zero attached hydrogens (tertiary/aromatic N) is 2. The van der Waals surface area contributed by atoms with Crippen LogP contribution < -0.4 is 0 Å². The first-order valence-corrected chi connectivity index (χ1v) is 5.63. The molecule has 1 aliphatic heterocycles. The van der Waals surface area contributed by atoms with Crippen molar-refractivity contribution in [2.24, 2.45) is 0 Å². The molecule has 2 rings (SSSR count). The van der Waals surface area contributed by atoms with E-state index in [0.717, 1.165) is 13.0 Å². The van der Waals surface area contributed by atoms with Gasteiger partial charge in [0.15, 0.2) is 0 Å². The molecule has 1 aromatic heterocycles. The van der Waals surface area contributed by atoms with Crippen molar-refractivity contribution in [2.45, 2.75) is 6.42 Å². The molecule has 4 heteroatoms. The van der Waals surface area contributed by atoms with Crippen LogP contribution >= 0.6 is 15.9 Å². The number of hydrogen-bond acceptors (Lipinski definition) is 2. The SMILES string of the molecule is O=C(c1cccnc1Br)N1CC=CCC1. The predicted molar refractivity (Wildman–Crippen MR) is 61.6 cm³/mol. The lowest BCUT2D eigenvalue weighted by Gasteiger charge is -2.23. The maximum atomic E-state index is 12.0. The van der Waals surface area contributed by atoms with Crippen molar-refractivity contribution in [3.63, 3.8) is 0 Å². The summed E-state index contributed by atoms with van der Waals surface area (Å²) in [7, 11) is 0. The van der Waals surface area contributed by atoms with Crippen LogP contribution in [0.2, 0.25) is 0 Å². The Hall–Kier alpha value is -1.16. The van der Waals surface area contributed by atoms with E-state index < -0.39 is 0 Å². The summed E-state index contributed by atoms with van der Waals surface area (Å²) < 4.78 is 0.615. The molecule has 0 unspecified atom stereocenters. The number of amides is 1. The number of pyridine rings is 1. The average Bonchev–Trinajstić information content (AvgIpc) is 2.30. The molecule has 1 aliphatic rings. The first-order valence-electron chi connectivity index (χ1n) is 4.84. The molecule has 0 atom stereocenters. The van der Waals surface area contributed by atoms with E-state index in [2.05, 4.69) is 27.0 Å². The van der Waals surface area contributed by atoms with Crippen molar-refractivity contribution in [1.29, 1.82) is 0 Å². The van der Waals surface area contributed by atoms with Gasteiger partial charge < -0.3 is 4.90 Å². The Labute approximate surface area is 96.9 Å². The van der Waals surface area contributed by atoms with E-state index in [4.69, 9.17) is 0 Å². The van der Waals surface area contributed by atoms with Gasteiger partial charge in [-0.15, -0.1) is 0 Å². The molecule has 1 aromatic rings. The fraction of sp³-hybridized carbons (Fsp3) is 0.273. The van der Waals surface area contributed by atoms with Crippen molar-refractivity contribution in [2.75, 3.05) is 13.1 Å². The Morgan fingerprint density at radius 3 is 3.00 bits per heavy atom. The normalized spacial score (nSPS) is 15.4. The fourth-order valence-corrected chi connectivity index (χ4v) is 1.96. The third kappa shape index (κ3) is 2.26. The summed E-state index contributed by atoms with van der Waals surface area (Å²) in [6, 6.07) is 3.56. The highest BCUT2D eigenvalue weighted by Gasteiger charge is 2.18. The van der Waals surface area contributed by atoms with E-state index in [-0.39, 0.29) is 5.91 Å². The first kappa shape index (κ1) is 10.4. The van der Waals surface area contributed by atoms with E-state index in [9.17, 15) is 4.79 Å². The molecule has 1 amide bonds. The maximum Gasteiger partial charge on any atom is 0.256 e. The number of hydrogen-bond donors (Lipinski definition) is 0. The standard InChI is InChI=1S/C11H11BrN2O/c12-10-9(5-4-6-13-10)11(15)14-7-2-1-3-8-14/h1-2,4-6H,3,7-8H2. The van der Waals surface area contributed by atoms with Gasteiger partial charge in [-0.3, -0.25) is 4.79 Å². The van der Waals surface area contributed by atoms with Crippen molar-refractivity contribution >= 4 is 21.8 Å². The monoisotopic (exact) mass is 266 g/mol. The highest BCUT2D eigenvalue weighted by molar-refractivity contribution is 9.10. The second kappa shape index (κ2) is 4.57. The van der Waals surface area contributed by atoms with E-state index in [1.54, 1.807) is 18.3 Å². The molecule has 0 fully saturated rings. The Morgan fingerprint density at radius 2 is 2.33 bits per heavy atom. The molecule has 0 bridgehead atoms. The summed E-state index contributed by atoms with van der Waals surface area (Å²) in [5, 5.41) is 0. The maximum absolute atomic E-state index is 12.0. The third-order valence-electron chi connectivity index (χ3n) is 2.33. The Bertz CT molecular complexity index is 403. The van der Waals surface area contributed by atoms with E-state index in [1.807, 2.05) is 11.0 Å². The van der Waals surface area contributed by atoms with Crippen LogP contribution in [0.3, 0.4) is 0 Å². The van der Waals surface area contributed by atoms with Crippen LogP contribution in [-0.2, 0) is 0 Å². The Kier molecular flexibility index (Phi) is 3.16. The minimum atomic E-state index is 0.0410. The van der Waals surface area contributed by atoms with Gasteiger partial charge in [0, 0.05) is 19.3 Å². The molecular formula is C11H11BrN2O. The van der Waals surface area contributed by atoms with Crippen molar-refractivity contribution in [3.8, 4) is 0 Å². The van der Waals surface area contributed by atoms with Crippen LogP contribution in [-0.4, -0.2) is 28.9 Å². The highest BCUT2D eigenvalue weighted by atomic mass is 79.9. The van der Waals surface area contributed by atoms with E-state index in [1.165, 1.54) is 0 Å². The van der Waals surface area contributed by atoms with Crippen molar-refractivity contribution < 1.29 is 4.79 Å². The Morgan fingerprint density at radius 1 is 1.47 bits per heavy atom. The molecule has 0 aliphatic carbocycles. The zero-order chi connectivity index (χ0) is 10.7. The highest BCUT2D eigenvalue weighted by Crippen LogP contribution is 2.16. The lowest BCUT2D eigenvalue weighted by Crippen LogP contribution is -2.34. The summed E-state index contributed by atoms with van der Waals surface area (Å²) in [6.45, 7) is 1.48. The number of rotatable bonds is 1. The van der Waals surface area contributed by atoms with Gasteiger partial charge in [0.25, 0.3) is 5.91 Å². The average molecular weight is 267 g/mol. The second-order valence-corrected chi connectivity index (χ2v) is 4.10. The van der Waals surface area contributed by atoms with Gasteiger partial charge >= 0.3 is 0 Å². The summed E-state index contributed by atoms with van der Waals surface area (Å²) >= 11 is 3.29. The van der Waals surface area contributed by atoms with Gasteiger partial charge in [-0.1, -0.05) is 12.2 Å². The molecule has 0 saturated heterocycles. The van der Waals surface area contributed by atoms with Gasteiger partial charge in [-0.05, 0) is 34.5 Å². The number of carbonyl (C=O) groups excluding carboxylic acids is 1. The molecule has 0 radical (unpaired) electrons. The summed E-state index contributed by atoms with van der Waals surface area (Å²) in [4.78, 5) is 17.9. The van der Waals surface area contributed by atoms with Crippen LogP contribution in [0.5, 0.6) is 0 Å². The third-order valence-corrected chi connectivity index (χ3v) is 2.97. The van der Waals surface area contributed by atoms with Crippen molar-refractivity contribution in [1.82, 2.24) is 9.88 Å². The Balaban J connectivity index is 2.20.